The van der Waals surface area contributed by atoms with E-state index in [2.05, 4.69) is 5.32 Å². The summed E-state index contributed by atoms with van der Waals surface area (Å²) in [4.78, 5) is 38.5. The van der Waals surface area contributed by atoms with Gasteiger partial charge in [-0.2, -0.15) is 0 Å². The number of nitrogens with zero attached hydrogens (tertiary/aromatic N) is 1. The van der Waals surface area contributed by atoms with Gasteiger partial charge in [-0.05, 0) is 31.5 Å². The maximum Gasteiger partial charge on any atom is 0.325 e. The van der Waals surface area contributed by atoms with Crippen LogP contribution in [-0.2, 0) is 20.9 Å². The quantitative estimate of drug-likeness (QED) is 0.584. The van der Waals surface area contributed by atoms with E-state index < -0.39 is 18.5 Å². The predicted octanol–water partition coefficient (Wildman–Crippen LogP) is 2.41. The average molecular weight is 428 g/mol. The van der Waals surface area contributed by atoms with Crippen LogP contribution in [0.3, 0.4) is 0 Å². The second-order valence-electron chi connectivity index (χ2n) is 7.05. The SMILES string of the molecule is COc1cc(OC)cc(C(=O)NCC(=O)OCC(=O)N(Cc2ccccc2)C(C)C)c1. The molecule has 1 N–H and O–H groups in total. The molecule has 0 aliphatic heterocycles. The maximum absolute atomic E-state index is 12.5. The standard InChI is InChI=1S/C23H28N2O6/c1-16(2)25(14-17-8-6-5-7-9-17)21(26)15-31-22(27)13-24-23(28)18-10-19(29-3)12-20(11-18)30-4/h5-12,16H,13-15H2,1-4H3,(H,24,28). The number of rotatable bonds is 10. The van der Waals surface area contributed by atoms with Crippen LogP contribution in [0, 0.1) is 0 Å². The third kappa shape index (κ3) is 7.33. The van der Waals surface area contributed by atoms with Gasteiger partial charge in [-0.25, -0.2) is 0 Å². The maximum atomic E-state index is 12.5. The third-order valence-electron chi connectivity index (χ3n) is 4.50. The zero-order chi connectivity index (χ0) is 22.8. The van der Waals surface area contributed by atoms with Crippen LogP contribution >= 0.6 is 0 Å². The average Bonchev–Trinajstić information content (AvgIpc) is 2.79. The van der Waals surface area contributed by atoms with Crippen molar-refractivity contribution in [2.24, 2.45) is 0 Å². The van der Waals surface area contributed by atoms with E-state index in [0.717, 1.165) is 5.56 Å². The Morgan fingerprint density at radius 3 is 2.13 bits per heavy atom. The first-order chi connectivity index (χ1) is 14.8. The zero-order valence-corrected chi connectivity index (χ0v) is 18.2. The van der Waals surface area contributed by atoms with Gasteiger partial charge in [-0.15, -0.1) is 0 Å². The molecule has 0 aliphatic carbocycles. The van der Waals surface area contributed by atoms with Crippen molar-refractivity contribution in [3.63, 3.8) is 0 Å². The Kier molecular flexibility index (Phi) is 8.87. The first-order valence-electron chi connectivity index (χ1n) is 9.84. The Morgan fingerprint density at radius 1 is 0.968 bits per heavy atom. The Hall–Kier alpha value is -3.55. The van der Waals surface area contributed by atoms with Crippen LogP contribution in [0.2, 0.25) is 0 Å². The van der Waals surface area contributed by atoms with Crippen LogP contribution in [0.4, 0.5) is 0 Å². The first-order valence-corrected chi connectivity index (χ1v) is 9.84. The molecular weight excluding hydrogens is 400 g/mol. The van der Waals surface area contributed by atoms with Crippen LogP contribution in [0.15, 0.2) is 48.5 Å². The van der Waals surface area contributed by atoms with Crippen molar-refractivity contribution in [2.75, 3.05) is 27.4 Å². The lowest BCUT2D eigenvalue weighted by Gasteiger charge is -2.26. The summed E-state index contributed by atoms with van der Waals surface area (Å²) in [5, 5.41) is 2.47. The summed E-state index contributed by atoms with van der Waals surface area (Å²) in [6.45, 7) is 3.44. The van der Waals surface area contributed by atoms with Crippen molar-refractivity contribution in [1.82, 2.24) is 10.2 Å². The molecule has 8 nitrogen and oxygen atoms in total. The van der Waals surface area contributed by atoms with Gasteiger partial charge in [0.15, 0.2) is 6.61 Å². The molecule has 2 rings (SSSR count). The molecule has 0 saturated heterocycles. The number of hydrogen-bond donors (Lipinski definition) is 1. The minimum atomic E-state index is -0.708. The van der Waals surface area contributed by atoms with Gasteiger partial charge in [-0.3, -0.25) is 14.4 Å². The molecule has 0 aromatic heterocycles. The van der Waals surface area contributed by atoms with Crippen LogP contribution < -0.4 is 14.8 Å². The molecule has 0 spiro atoms. The molecule has 166 valence electrons. The Balaban J connectivity index is 1.86. The predicted molar refractivity (Wildman–Crippen MR) is 115 cm³/mol. The number of methoxy groups -OCH3 is 2. The number of ether oxygens (including phenoxy) is 3. The van der Waals surface area contributed by atoms with Crippen LogP contribution in [0.5, 0.6) is 11.5 Å². The number of carbonyl (C=O) groups excluding carboxylic acids is 3. The molecule has 2 amide bonds. The number of benzene rings is 2. The van der Waals surface area contributed by atoms with E-state index in [0.29, 0.717) is 18.0 Å². The van der Waals surface area contributed by atoms with Gasteiger partial charge in [0.25, 0.3) is 11.8 Å². The summed E-state index contributed by atoms with van der Waals surface area (Å²) in [5.74, 6) is -0.612. The number of hydrogen-bond acceptors (Lipinski definition) is 6. The van der Waals surface area contributed by atoms with E-state index in [1.54, 1.807) is 11.0 Å². The van der Waals surface area contributed by atoms with E-state index in [-0.39, 0.29) is 24.1 Å². The van der Waals surface area contributed by atoms with Crippen molar-refractivity contribution in [3.8, 4) is 11.5 Å². The highest BCUT2D eigenvalue weighted by atomic mass is 16.5. The molecule has 0 unspecified atom stereocenters. The number of esters is 1. The largest absolute Gasteiger partial charge is 0.497 e. The van der Waals surface area contributed by atoms with Gasteiger partial charge >= 0.3 is 5.97 Å². The first kappa shape index (κ1) is 23.7. The molecule has 0 aliphatic rings. The van der Waals surface area contributed by atoms with Gasteiger partial charge in [0, 0.05) is 24.2 Å². The third-order valence-corrected chi connectivity index (χ3v) is 4.50. The number of carbonyl (C=O) groups is 3. The van der Waals surface area contributed by atoms with Crippen LogP contribution in [-0.4, -0.2) is 56.1 Å². The number of amides is 2. The number of nitrogens with one attached hydrogen (secondary N) is 1. The Morgan fingerprint density at radius 2 is 1.58 bits per heavy atom. The molecule has 0 radical (unpaired) electrons. The molecule has 0 fully saturated rings. The van der Waals surface area contributed by atoms with Gasteiger partial charge in [0.05, 0.1) is 14.2 Å². The fourth-order valence-electron chi connectivity index (χ4n) is 2.81. The highest BCUT2D eigenvalue weighted by Gasteiger charge is 2.19. The minimum Gasteiger partial charge on any atom is -0.497 e. The molecule has 2 aromatic carbocycles. The van der Waals surface area contributed by atoms with Crippen molar-refractivity contribution in [2.45, 2.75) is 26.4 Å². The molecule has 0 atom stereocenters. The summed E-state index contributed by atoms with van der Waals surface area (Å²) in [6.07, 6.45) is 0. The molecule has 31 heavy (non-hydrogen) atoms. The smallest absolute Gasteiger partial charge is 0.325 e. The summed E-state index contributed by atoms with van der Waals surface area (Å²) in [5.41, 5.74) is 1.26. The zero-order valence-electron chi connectivity index (χ0n) is 18.2. The van der Waals surface area contributed by atoms with Gasteiger partial charge in [0.1, 0.15) is 18.0 Å². The monoisotopic (exact) mass is 428 g/mol. The Bertz CT molecular complexity index is 876. The fraction of sp³-hybridized carbons (Fsp3) is 0.348. The van der Waals surface area contributed by atoms with Crippen molar-refractivity contribution in [1.29, 1.82) is 0 Å². The molecule has 8 heteroatoms. The Labute approximate surface area is 182 Å². The molecule has 0 bridgehead atoms. The van der Waals surface area contributed by atoms with E-state index in [4.69, 9.17) is 14.2 Å². The van der Waals surface area contributed by atoms with Crippen molar-refractivity contribution >= 4 is 17.8 Å². The second-order valence-corrected chi connectivity index (χ2v) is 7.05. The van der Waals surface area contributed by atoms with Gasteiger partial charge < -0.3 is 24.4 Å². The van der Waals surface area contributed by atoms with E-state index >= 15 is 0 Å². The molecule has 0 saturated carbocycles. The normalized spacial score (nSPS) is 10.4. The topological polar surface area (TPSA) is 94.2 Å². The van der Waals surface area contributed by atoms with Crippen LogP contribution in [0.25, 0.3) is 0 Å². The lowest BCUT2D eigenvalue weighted by atomic mass is 10.2. The highest BCUT2D eigenvalue weighted by Crippen LogP contribution is 2.22. The van der Waals surface area contributed by atoms with Crippen LogP contribution in [0.1, 0.15) is 29.8 Å². The summed E-state index contributed by atoms with van der Waals surface area (Å²) in [6, 6.07) is 14.2. The fourth-order valence-corrected chi connectivity index (χ4v) is 2.81. The summed E-state index contributed by atoms with van der Waals surface area (Å²) >= 11 is 0. The molecular formula is C23H28N2O6. The van der Waals surface area contributed by atoms with E-state index in [9.17, 15) is 14.4 Å². The van der Waals surface area contributed by atoms with Crippen molar-refractivity contribution < 1.29 is 28.6 Å². The van der Waals surface area contributed by atoms with Gasteiger partial charge in [0.2, 0.25) is 0 Å². The molecule has 2 aromatic rings. The lowest BCUT2D eigenvalue weighted by molar-refractivity contribution is -0.152. The van der Waals surface area contributed by atoms with E-state index in [1.165, 1.54) is 26.4 Å². The minimum absolute atomic E-state index is 0.0610. The second kappa shape index (κ2) is 11.6. The van der Waals surface area contributed by atoms with Crippen molar-refractivity contribution in [3.05, 3.63) is 59.7 Å². The summed E-state index contributed by atoms with van der Waals surface area (Å²) in [7, 11) is 2.95. The van der Waals surface area contributed by atoms with E-state index in [1.807, 2.05) is 44.2 Å². The van der Waals surface area contributed by atoms with Gasteiger partial charge in [-0.1, -0.05) is 30.3 Å². The highest BCUT2D eigenvalue weighted by molar-refractivity contribution is 5.96. The summed E-state index contributed by atoms with van der Waals surface area (Å²) < 4.78 is 15.3. The lowest BCUT2D eigenvalue weighted by Crippen LogP contribution is -2.40. The molecule has 0 heterocycles.